The van der Waals surface area contributed by atoms with Gasteiger partial charge in [-0.3, -0.25) is 0 Å². The van der Waals surface area contributed by atoms with Crippen LogP contribution in [-0.2, 0) is 6.18 Å². The van der Waals surface area contributed by atoms with Gasteiger partial charge in [-0.1, -0.05) is 0 Å². The number of ether oxygens (including phenoxy) is 2. The number of rotatable bonds is 2. The topological polar surface area (TPSA) is 31.6 Å². The van der Waals surface area contributed by atoms with Crippen molar-refractivity contribution < 1.29 is 27.1 Å². The summed E-state index contributed by atoms with van der Waals surface area (Å²) in [5.41, 5.74) is -0.719. The highest BCUT2D eigenvalue weighted by atomic mass is 19.4. The first-order chi connectivity index (χ1) is 7.97. The van der Waals surface area contributed by atoms with Crippen molar-refractivity contribution in [1.29, 1.82) is 0 Å². The SMILES string of the molecule is COc1cc2occ(C(F)(F)F)c2cc1OC. The van der Waals surface area contributed by atoms with E-state index in [1.54, 1.807) is 0 Å². The van der Waals surface area contributed by atoms with Crippen LogP contribution in [0.4, 0.5) is 13.2 Å². The highest BCUT2D eigenvalue weighted by Gasteiger charge is 2.35. The number of benzene rings is 1. The van der Waals surface area contributed by atoms with Gasteiger partial charge < -0.3 is 13.9 Å². The minimum atomic E-state index is -4.45. The molecule has 0 saturated heterocycles. The zero-order chi connectivity index (χ0) is 12.6. The van der Waals surface area contributed by atoms with Crippen LogP contribution in [0.2, 0.25) is 0 Å². The molecule has 1 aromatic heterocycles. The first kappa shape index (κ1) is 11.6. The van der Waals surface area contributed by atoms with Crippen LogP contribution in [0.1, 0.15) is 5.56 Å². The van der Waals surface area contributed by atoms with Gasteiger partial charge in [-0.2, -0.15) is 13.2 Å². The smallest absolute Gasteiger partial charge is 0.420 e. The summed E-state index contributed by atoms with van der Waals surface area (Å²) in [5.74, 6) is 0.551. The average Bonchev–Trinajstić information content (AvgIpc) is 2.69. The Morgan fingerprint density at radius 2 is 1.65 bits per heavy atom. The van der Waals surface area contributed by atoms with E-state index >= 15 is 0 Å². The van der Waals surface area contributed by atoms with E-state index in [0.717, 1.165) is 0 Å². The van der Waals surface area contributed by atoms with Crippen molar-refractivity contribution in [2.24, 2.45) is 0 Å². The molecular formula is C11H9F3O3. The van der Waals surface area contributed by atoms with Crippen LogP contribution in [0.15, 0.2) is 22.8 Å². The lowest BCUT2D eigenvalue weighted by Gasteiger charge is -2.08. The Kier molecular flexibility index (Phi) is 2.65. The highest BCUT2D eigenvalue weighted by molar-refractivity contribution is 5.85. The van der Waals surface area contributed by atoms with E-state index in [1.165, 1.54) is 26.4 Å². The third kappa shape index (κ3) is 1.90. The fraction of sp³-hybridized carbons (Fsp3) is 0.273. The average molecular weight is 246 g/mol. The monoisotopic (exact) mass is 246 g/mol. The van der Waals surface area contributed by atoms with Crippen molar-refractivity contribution in [1.82, 2.24) is 0 Å². The molecule has 0 fully saturated rings. The molecule has 0 aliphatic rings. The van der Waals surface area contributed by atoms with Crippen molar-refractivity contribution in [3.63, 3.8) is 0 Å². The highest BCUT2D eigenvalue weighted by Crippen LogP contribution is 2.40. The molecule has 2 aromatic rings. The first-order valence-corrected chi connectivity index (χ1v) is 4.67. The van der Waals surface area contributed by atoms with E-state index in [4.69, 9.17) is 13.9 Å². The van der Waals surface area contributed by atoms with Crippen molar-refractivity contribution in [3.05, 3.63) is 24.0 Å². The number of furan rings is 1. The maximum atomic E-state index is 12.6. The zero-order valence-corrected chi connectivity index (χ0v) is 9.09. The molecule has 0 amide bonds. The van der Waals surface area contributed by atoms with Crippen LogP contribution in [-0.4, -0.2) is 14.2 Å². The number of halogens is 3. The Balaban J connectivity index is 2.69. The molecule has 0 unspecified atom stereocenters. The Morgan fingerprint density at radius 3 is 2.18 bits per heavy atom. The molecule has 0 N–H and O–H groups in total. The van der Waals surface area contributed by atoms with Gasteiger partial charge in [0.15, 0.2) is 11.5 Å². The first-order valence-electron chi connectivity index (χ1n) is 4.67. The summed E-state index contributed by atoms with van der Waals surface area (Å²) in [6, 6.07) is 2.61. The number of alkyl halides is 3. The lowest BCUT2D eigenvalue weighted by atomic mass is 10.1. The van der Waals surface area contributed by atoms with Gasteiger partial charge in [-0.25, -0.2) is 0 Å². The molecule has 3 nitrogen and oxygen atoms in total. The van der Waals surface area contributed by atoms with Crippen LogP contribution in [0, 0.1) is 0 Å². The predicted molar refractivity (Wildman–Crippen MR) is 54.3 cm³/mol. The number of hydrogen-bond donors (Lipinski definition) is 0. The van der Waals surface area contributed by atoms with Crippen molar-refractivity contribution >= 4 is 11.0 Å². The quantitative estimate of drug-likeness (QED) is 0.813. The van der Waals surface area contributed by atoms with Crippen LogP contribution in [0.5, 0.6) is 11.5 Å². The molecular weight excluding hydrogens is 237 g/mol. The molecule has 0 spiro atoms. The van der Waals surface area contributed by atoms with Crippen LogP contribution < -0.4 is 9.47 Å². The second kappa shape index (κ2) is 3.87. The standard InChI is InChI=1S/C11H9F3O3/c1-15-9-3-6-7(11(12,13)14)5-17-8(6)4-10(9)16-2/h3-5H,1-2H3. The molecule has 0 bridgehead atoms. The van der Waals surface area contributed by atoms with Gasteiger partial charge in [0.25, 0.3) is 0 Å². The normalized spacial score (nSPS) is 11.8. The Labute approximate surface area is 94.7 Å². The fourth-order valence-corrected chi connectivity index (χ4v) is 1.57. The summed E-state index contributed by atoms with van der Waals surface area (Å²) in [4.78, 5) is 0. The Morgan fingerprint density at radius 1 is 1.06 bits per heavy atom. The van der Waals surface area contributed by atoms with Crippen LogP contribution in [0.3, 0.4) is 0 Å². The van der Waals surface area contributed by atoms with Gasteiger partial charge in [0, 0.05) is 11.5 Å². The molecule has 0 aliphatic carbocycles. The predicted octanol–water partition coefficient (Wildman–Crippen LogP) is 3.47. The van der Waals surface area contributed by atoms with E-state index in [2.05, 4.69) is 0 Å². The minimum Gasteiger partial charge on any atom is -0.493 e. The summed E-state index contributed by atoms with van der Waals surface area (Å²) in [6.45, 7) is 0. The van der Waals surface area contributed by atoms with Gasteiger partial charge in [-0.05, 0) is 6.07 Å². The number of methoxy groups -OCH3 is 2. The maximum absolute atomic E-state index is 12.6. The lowest BCUT2D eigenvalue weighted by Crippen LogP contribution is -2.03. The van der Waals surface area contributed by atoms with E-state index in [1.807, 2.05) is 0 Å². The van der Waals surface area contributed by atoms with Crippen molar-refractivity contribution in [2.75, 3.05) is 14.2 Å². The fourth-order valence-electron chi connectivity index (χ4n) is 1.57. The molecule has 0 atom stereocenters. The molecule has 0 aliphatic heterocycles. The van der Waals surface area contributed by atoms with E-state index in [9.17, 15) is 13.2 Å². The second-order valence-corrected chi connectivity index (χ2v) is 3.35. The van der Waals surface area contributed by atoms with Gasteiger partial charge in [-0.15, -0.1) is 0 Å². The zero-order valence-electron chi connectivity index (χ0n) is 9.09. The second-order valence-electron chi connectivity index (χ2n) is 3.35. The summed E-state index contributed by atoms with van der Waals surface area (Å²) >= 11 is 0. The molecule has 1 heterocycles. The number of fused-ring (bicyclic) bond motifs is 1. The summed E-state index contributed by atoms with van der Waals surface area (Å²) < 4.78 is 52.7. The van der Waals surface area contributed by atoms with E-state index in [0.29, 0.717) is 12.0 Å². The Bertz CT molecular complexity index is 543. The maximum Gasteiger partial charge on any atom is 0.420 e. The molecule has 6 heteroatoms. The molecule has 92 valence electrons. The van der Waals surface area contributed by atoms with Crippen molar-refractivity contribution in [3.8, 4) is 11.5 Å². The summed E-state index contributed by atoms with van der Waals surface area (Å²) in [6.07, 6.45) is -3.77. The third-order valence-corrected chi connectivity index (χ3v) is 2.39. The summed E-state index contributed by atoms with van der Waals surface area (Å²) in [7, 11) is 2.76. The van der Waals surface area contributed by atoms with Gasteiger partial charge in [0.2, 0.25) is 0 Å². The molecule has 17 heavy (non-hydrogen) atoms. The minimum absolute atomic E-state index is 0.0462. The molecule has 1 aromatic carbocycles. The van der Waals surface area contributed by atoms with Crippen molar-refractivity contribution in [2.45, 2.75) is 6.18 Å². The van der Waals surface area contributed by atoms with Crippen LogP contribution in [0.25, 0.3) is 11.0 Å². The lowest BCUT2D eigenvalue weighted by molar-refractivity contribution is -0.136. The van der Waals surface area contributed by atoms with Gasteiger partial charge in [0.05, 0.1) is 14.2 Å². The number of hydrogen-bond acceptors (Lipinski definition) is 3. The van der Waals surface area contributed by atoms with E-state index in [-0.39, 0.29) is 16.7 Å². The van der Waals surface area contributed by atoms with Gasteiger partial charge >= 0.3 is 6.18 Å². The molecule has 0 saturated carbocycles. The molecule has 0 radical (unpaired) electrons. The summed E-state index contributed by atoms with van der Waals surface area (Å²) in [5, 5.41) is -0.0462. The van der Waals surface area contributed by atoms with Crippen LogP contribution >= 0.6 is 0 Å². The van der Waals surface area contributed by atoms with Gasteiger partial charge in [0.1, 0.15) is 17.4 Å². The van der Waals surface area contributed by atoms with E-state index < -0.39 is 11.7 Å². The Hall–Kier alpha value is -1.85. The molecule has 2 rings (SSSR count). The largest absolute Gasteiger partial charge is 0.493 e. The third-order valence-electron chi connectivity index (χ3n) is 2.39.